The number of nitrogens with zero attached hydrogens (tertiary/aromatic N) is 1. The predicted molar refractivity (Wildman–Crippen MR) is 132 cm³/mol. The van der Waals surface area contributed by atoms with E-state index in [0.717, 1.165) is 17.5 Å². The van der Waals surface area contributed by atoms with Crippen molar-refractivity contribution in [3.05, 3.63) is 71.8 Å². The Balaban J connectivity index is 0.000000581. The third-order valence-corrected chi connectivity index (χ3v) is 4.20. The zero-order chi connectivity index (χ0) is 26.9. The van der Waals surface area contributed by atoms with Crippen LogP contribution in [0.15, 0.2) is 60.7 Å². The number of likely N-dealkylation sites (N-methyl/N-ethyl adjacent to an activating group) is 2. The molecule has 0 spiro atoms. The van der Waals surface area contributed by atoms with Gasteiger partial charge >= 0.3 is 0 Å². The molecule has 2 rings (SSSR count). The summed E-state index contributed by atoms with van der Waals surface area (Å²) in [6, 6.07) is 19.5. The summed E-state index contributed by atoms with van der Waals surface area (Å²) < 4.78 is 43.5. The van der Waals surface area contributed by atoms with Crippen LogP contribution in [0, 0.1) is 24.7 Å². The summed E-state index contributed by atoms with van der Waals surface area (Å²) >= 11 is 3.01. The summed E-state index contributed by atoms with van der Waals surface area (Å²) in [5.74, 6) is 4.75. The summed E-state index contributed by atoms with van der Waals surface area (Å²) in [6.07, 6.45) is 11.4. The molecule has 2 nitrogen and oxygen atoms in total. The van der Waals surface area contributed by atoms with E-state index < -0.39 is 14.0 Å². The Labute approximate surface area is 195 Å². The average Bonchev–Trinajstić information content (AvgIpc) is 2.77. The minimum atomic E-state index is -2.14. The first-order valence-electron chi connectivity index (χ1n) is 12.4. The highest BCUT2D eigenvalue weighted by Gasteiger charge is 2.07. The van der Waals surface area contributed by atoms with E-state index in [1.807, 2.05) is 74.5 Å². The van der Waals surface area contributed by atoms with Crippen LogP contribution in [-0.2, 0) is 12.8 Å². The van der Waals surface area contributed by atoms with Gasteiger partial charge in [0.15, 0.2) is 0 Å². The van der Waals surface area contributed by atoms with Gasteiger partial charge in [-0.2, -0.15) is 0 Å². The molecule has 1 N–H and O–H groups in total. The predicted octanol–water partition coefficient (Wildman–Crippen LogP) is 5.03. The Hall–Kier alpha value is -2.04. The molecule has 29 heavy (non-hydrogen) atoms. The highest BCUT2D eigenvalue weighted by Crippen LogP contribution is 2.06. The molecule has 0 radical (unpaired) electrons. The molecular weight excluding hydrogens is 420 g/mol. The standard InChI is InChI=1S/C13H17N.C10H15N.C3H3Br/c1-4-10-14(3)12(2)11-13-8-6-5-7-9-13;1-9(11-2)8-10-6-4-3-5-7-10;1-2-3-4/h1,5-9,12H,10-11H2,2-3H3;3-7,9,11H,8H2,1-2H3;1H,3H2/t12-;9-;/m11./s1/i3D3;2D3;. The maximum absolute atomic E-state index is 7.45. The molecule has 0 amide bonds. The number of rotatable bonds is 7. The monoisotopic (exact) mass is 460 g/mol. The van der Waals surface area contributed by atoms with Crippen molar-refractivity contribution in [2.45, 2.75) is 38.8 Å². The summed E-state index contributed by atoms with van der Waals surface area (Å²) in [6.45, 7) is -0.282. The third kappa shape index (κ3) is 14.6. The summed E-state index contributed by atoms with van der Waals surface area (Å²) in [4.78, 5) is 1.38. The number of terminal acetylenes is 2. The zero-order valence-electron chi connectivity index (χ0n) is 23.2. The van der Waals surface area contributed by atoms with Gasteiger partial charge in [-0.15, -0.1) is 12.8 Å². The molecule has 0 aliphatic carbocycles. The normalized spacial score (nSPS) is 15.5. The lowest BCUT2D eigenvalue weighted by atomic mass is 10.1. The summed E-state index contributed by atoms with van der Waals surface area (Å²) in [7, 11) is 0. The van der Waals surface area contributed by atoms with E-state index in [1.54, 1.807) is 0 Å². The smallest absolute Gasteiger partial charge is 0.0642 e. The van der Waals surface area contributed by atoms with Crippen molar-refractivity contribution < 1.29 is 8.22 Å². The van der Waals surface area contributed by atoms with E-state index in [-0.39, 0.29) is 18.6 Å². The largest absolute Gasteiger partial charge is 0.317 e. The fraction of sp³-hybridized carbons (Fsp3) is 0.385. The third-order valence-electron chi connectivity index (χ3n) is 3.88. The highest BCUT2D eigenvalue weighted by molar-refractivity contribution is 9.09. The Morgan fingerprint density at radius 2 is 1.48 bits per heavy atom. The van der Waals surface area contributed by atoms with Crippen LogP contribution in [0.4, 0.5) is 0 Å². The molecule has 0 aliphatic rings. The van der Waals surface area contributed by atoms with Gasteiger partial charge in [0.05, 0.1) is 11.9 Å². The summed E-state index contributed by atoms with van der Waals surface area (Å²) in [5.41, 5.74) is 2.27. The first-order valence-corrected chi connectivity index (χ1v) is 10.5. The van der Waals surface area contributed by atoms with Crippen molar-refractivity contribution in [2.75, 3.05) is 25.8 Å². The molecule has 0 unspecified atom stereocenters. The van der Waals surface area contributed by atoms with Crippen LogP contribution >= 0.6 is 15.9 Å². The van der Waals surface area contributed by atoms with Crippen LogP contribution in [0.25, 0.3) is 0 Å². The molecule has 0 saturated heterocycles. The van der Waals surface area contributed by atoms with Gasteiger partial charge in [0.25, 0.3) is 0 Å². The van der Waals surface area contributed by atoms with Gasteiger partial charge in [0.2, 0.25) is 0 Å². The Morgan fingerprint density at radius 1 is 0.966 bits per heavy atom. The molecule has 0 heterocycles. The van der Waals surface area contributed by atoms with E-state index in [2.05, 4.69) is 33.1 Å². The molecule has 3 heteroatoms. The van der Waals surface area contributed by atoms with Gasteiger partial charge in [-0.25, -0.2) is 0 Å². The van der Waals surface area contributed by atoms with E-state index in [0.29, 0.717) is 11.8 Å². The van der Waals surface area contributed by atoms with E-state index in [9.17, 15) is 0 Å². The molecule has 0 aliphatic heterocycles. The molecule has 156 valence electrons. The van der Waals surface area contributed by atoms with Gasteiger partial charge in [-0.3, -0.25) is 4.90 Å². The van der Waals surface area contributed by atoms with Gasteiger partial charge in [0.1, 0.15) is 0 Å². The number of hydrogen-bond acceptors (Lipinski definition) is 2. The van der Waals surface area contributed by atoms with E-state index in [1.165, 1.54) is 4.90 Å². The molecule has 0 aromatic heterocycles. The zero-order valence-corrected chi connectivity index (χ0v) is 18.8. The number of alkyl halides is 1. The molecule has 0 fully saturated rings. The highest BCUT2D eigenvalue weighted by atomic mass is 79.9. The first-order chi connectivity index (χ1) is 16.3. The minimum Gasteiger partial charge on any atom is -0.317 e. The first kappa shape index (κ1) is 17.8. The van der Waals surface area contributed by atoms with Crippen LogP contribution in [-0.4, -0.2) is 42.8 Å². The second-order valence-electron chi connectivity index (χ2n) is 6.44. The lowest BCUT2D eigenvalue weighted by molar-refractivity contribution is 0.287. The average molecular weight is 462 g/mol. The van der Waals surface area contributed by atoms with Crippen molar-refractivity contribution in [3.63, 3.8) is 0 Å². The quantitative estimate of drug-likeness (QED) is 0.460. The van der Waals surface area contributed by atoms with Gasteiger partial charge in [-0.05, 0) is 51.8 Å². The van der Waals surface area contributed by atoms with Crippen LogP contribution in [0.5, 0.6) is 0 Å². The maximum Gasteiger partial charge on any atom is 0.0642 e. The Morgan fingerprint density at radius 3 is 1.90 bits per heavy atom. The molecule has 2 aromatic carbocycles. The minimum absolute atomic E-state index is 0.0371. The van der Waals surface area contributed by atoms with Crippen LogP contribution < -0.4 is 5.32 Å². The van der Waals surface area contributed by atoms with Crippen LogP contribution in [0.2, 0.25) is 0 Å². The fourth-order valence-corrected chi connectivity index (χ4v) is 2.34. The second kappa shape index (κ2) is 18.0. The van der Waals surface area contributed by atoms with Crippen molar-refractivity contribution in [2.24, 2.45) is 0 Å². The van der Waals surface area contributed by atoms with Crippen molar-refractivity contribution in [1.29, 1.82) is 0 Å². The summed E-state index contributed by atoms with van der Waals surface area (Å²) in [5, 5.41) is 3.23. The number of benzene rings is 2. The molecular formula is C26H35BrN2. The molecule has 2 atom stereocenters. The molecule has 0 saturated carbocycles. The van der Waals surface area contributed by atoms with E-state index >= 15 is 0 Å². The SMILES string of the molecule is C#CCBr.[2H]C([2H])([2H])N(CC#C)[C@H](C)Cc1ccccc1.[2H]C([2H])([2H])N[C@H](C)Cc1ccccc1. The molecule has 0 bridgehead atoms. The fourth-order valence-electron chi connectivity index (χ4n) is 2.34. The van der Waals surface area contributed by atoms with Crippen molar-refractivity contribution in [3.8, 4) is 24.7 Å². The van der Waals surface area contributed by atoms with E-state index in [4.69, 9.17) is 21.1 Å². The molecule has 2 aromatic rings. The second-order valence-corrected chi connectivity index (χ2v) is 7.00. The van der Waals surface area contributed by atoms with Crippen molar-refractivity contribution >= 4 is 15.9 Å². The topological polar surface area (TPSA) is 15.3 Å². The lowest BCUT2D eigenvalue weighted by Crippen LogP contribution is -2.31. The Bertz CT molecular complexity index is 887. The van der Waals surface area contributed by atoms with Crippen molar-refractivity contribution in [1.82, 2.24) is 10.2 Å². The van der Waals surface area contributed by atoms with Crippen LogP contribution in [0.1, 0.15) is 33.2 Å². The van der Waals surface area contributed by atoms with Gasteiger partial charge < -0.3 is 5.32 Å². The maximum atomic E-state index is 7.45. The number of nitrogens with one attached hydrogen (secondary N) is 1. The lowest BCUT2D eigenvalue weighted by Gasteiger charge is -2.22. The van der Waals surface area contributed by atoms with Gasteiger partial charge in [0, 0.05) is 20.3 Å². The number of hydrogen-bond donors (Lipinski definition) is 1. The van der Waals surface area contributed by atoms with Gasteiger partial charge in [-0.1, -0.05) is 88.4 Å². The Kier molecular flexibility index (Phi) is 11.1. The number of halogens is 1. The van der Waals surface area contributed by atoms with Crippen LogP contribution in [0.3, 0.4) is 0 Å².